The van der Waals surface area contributed by atoms with Crippen molar-refractivity contribution < 1.29 is 14.3 Å². The monoisotopic (exact) mass is 337 g/mol. The van der Waals surface area contributed by atoms with Crippen LogP contribution >= 0.6 is 0 Å². The van der Waals surface area contributed by atoms with Crippen molar-refractivity contribution in [3.05, 3.63) is 59.7 Å². The van der Waals surface area contributed by atoms with Gasteiger partial charge >= 0.3 is 6.09 Å². The van der Waals surface area contributed by atoms with E-state index < -0.39 is 11.7 Å². The van der Waals surface area contributed by atoms with Gasteiger partial charge in [0.15, 0.2) is 0 Å². The first-order valence-corrected chi connectivity index (χ1v) is 7.68. The Kier molecular flexibility index (Phi) is 5.40. The molecule has 128 valence electrons. The molecule has 2 amide bonds. The first-order chi connectivity index (χ1) is 11.8. The Balaban J connectivity index is 2.00. The van der Waals surface area contributed by atoms with Gasteiger partial charge in [0.05, 0.1) is 11.6 Å². The van der Waals surface area contributed by atoms with Gasteiger partial charge < -0.3 is 10.1 Å². The normalized spacial score (nSPS) is 10.5. The first-order valence-electron chi connectivity index (χ1n) is 7.68. The quantitative estimate of drug-likeness (QED) is 0.880. The molecule has 0 saturated heterocycles. The number of nitrogens with zero attached hydrogens (tertiary/aromatic N) is 1. The van der Waals surface area contributed by atoms with Crippen LogP contribution in [0.5, 0.6) is 0 Å². The van der Waals surface area contributed by atoms with Crippen LogP contribution in [0.4, 0.5) is 16.2 Å². The molecule has 0 spiro atoms. The number of hydrogen-bond donors (Lipinski definition) is 2. The number of nitrogens with one attached hydrogen (secondary N) is 2. The molecule has 2 rings (SSSR count). The van der Waals surface area contributed by atoms with Gasteiger partial charge in [-0.1, -0.05) is 6.07 Å². The van der Waals surface area contributed by atoms with Gasteiger partial charge in [-0.25, -0.2) is 4.79 Å². The third-order valence-corrected chi connectivity index (χ3v) is 3.04. The molecule has 0 saturated carbocycles. The Hall–Kier alpha value is -3.33. The van der Waals surface area contributed by atoms with Crippen LogP contribution in [0.1, 0.15) is 36.7 Å². The second-order valence-corrected chi connectivity index (χ2v) is 6.35. The van der Waals surface area contributed by atoms with Gasteiger partial charge in [0, 0.05) is 16.9 Å². The summed E-state index contributed by atoms with van der Waals surface area (Å²) in [5.74, 6) is -0.307. The van der Waals surface area contributed by atoms with E-state index >= 15 is 0 Å². The van der Waals surface area contributed by atoms with E-state index in [-0.39, 0.29) is 5.91 Å². The summed E-state index contributed by atoms with van der Waals surface area (Å²) in [6.45, 7) is 5.34. The predicted molar refractivity (Wildman–Crippen MR) is 95.4 cm³/mol. The lowest BCUT2D eigenvalue weighted by molar-refractivity contribution is 0.0636. The smallest absolute Gasteiger partial charge is 0.412 e. The number of nitriles is 1. The molecule has 6 nitrogen and oxygen atoms in total. The van der Waals surface area contributed by atoms with E-state index in [1.54, 1.807) is 69.3 Å². The molecule has 0 unspecified atom stereocenters. The number of anilines is 2. The third kappa shape index (κ3) is 5.66. The molecule has 0 fully saturated rings. The van der Waals surface area contributed by atoms with E-state index in [1.807, 2.05) is 6.07 Å². The van der Waals surface area contributed by atoms with Crippen molar-refractivity contribution in [1.82, 2.24) is 0 Å². The lowest BCUT2D eigenvalue weighted by Crippen LogP contribution is -2.27. The van der Waals surface area contributed by atoms with E-state index in [2.05, 4.69) is 10.6 Å². The van der Waals surface area contributed by atoms with Crippen LogP contribution in [0.2, 0.25) is 0 Å². The summed E-state index contributed by atoms with van der Waals surface area (Å²) in [6, 6.07) is 15.1. The Morgan fingerprint density at radius 1 is 1.00 bits per heavy atom. The van der Waals surface area contributed by atoms with Gasteiger partial charge in [-0.2, -0.15) is 5.26 Å². The Labute approximate surface area is 146 Å². The maximum Gasteiger partial charge on any atom is 0.412 e. The standard InChI is InChI=1S/C19H19N3O3/c1-19(2,3)25-18(24)22-15-9-7-14(8-10-15)17(23)21-16-6-4-5-13(11-16)12-20/h4-11H,1-3H3,(H,21,23)(H,22,24). The second kappa shape index (κ2) is 7.49. The minimum atomic E-state index is -0.581. The highest BCUT2D eigenvalue weighted by Gasteiger charge is 2.16. The van der Waals surface area contributed by atoms with Gasteiger partial charge in [0.2, 0.25) is 0 Å². The van der Waals surface area contributed by atoms with E-state index in [0.29, 0.717) is 22.5 Å². The second-order valence-electron chi connectivity index (χ2n) is 6.35. The summed E-state index contributed by atoms with van der Waals surface area (Å²) >= 11 is 0. The largest absolute Gasteiger partial charge is 0.444 e. The first kappa shape index (κ1) is 18.0. The molecule has 0 aliphatic carbocycles. The van der Waals surface area contributed by atoms with Crippen molar-refractivity contribution >= 4 is 23.4 Å². The average molecular weight is 337 g/mol. The number of benzene rings is 2. The van der Waals surface area contributed by atoms with Crippen molar-refractivity contribution in [1.29, 1.82) is 5.26 Å². The number of carbonyl (C=O) groups excluding carboxylic acids is 2. The minimum absolute atomic E-state index is 0.307. The summed E-state index contributed by atoms with van der Waals surface area (Å²) in [6.07, 6.45) is -0.557. The van der Waals surface area contributed by atoms with Crippen LogP contribution < -0.4 is 10.6 Å². The van der Waals surface area contributed by atoms with Crippen molar-refractivity contribution in [3.63, 3.8) is 0 Å². The molecule has 0 aliphatic heterocycles. The summed E-state index contributed by atoms with van der Waals surface area (Å²) in [5.41, 5.74) is 1.38. The molecule has 6 heteroatoms. The maximum atomic E-state index is 12.2. The topological polar surface area (TPSA) is 91.2 Å². The zero-order valence-electron chi connectivity index (χ0n) is 14.3. The molecule has 2 N–H and O–H groups in total. The molecule has 0 radical (unpaired) electrons. The van der Waals surface area contributed by atoms with Crippen molar-refractivity contribution in [2.45, 2.75) is 26.4 Å². The summed E-state index contributed by atoms with van der Waals surface area (Å²) < 4.78 is 5.16. The van der Waals surface area contributed by atoms with Crippen molar-refractivity contribution in [3.8, 4) is 6.07 Å². The molecule has 25 heavy (non-hydrogen) atoms. The summed E-state index contributed by atoms with van der Waals surface area (Å²) in [4.78, 5) is 23.9. The number of rotatable bonds is 3. The maximum absolute atomic E-state index is 12.2. The van der Waals surface area contributed by atoms with E-state index in [4.69, 9.17) is 10.00 Å². The Bertz CT molecular complexity index is 815. The Morgan fingerprint density at radius 3 is 2.28 bits per heavy atom. The van der Waals surface area contributed by atoms with Gasteiger partial charge in [-0.05, 0) is 63.2 Å². The molecule has 0 bridgehead atoms. The van der Waals surface area contributed by atoms with Gasteiger partial charge in [-0.15, -0.1) is 0 Å². The molecule has 0 aromatic heterocycles. The van der Waals surface area contributed by atoms with E-state index in [0.717, 1.165) is 0 Å². The van der Waals surface area contributed by atoms with E-state index in [9.17, 15) is 9.59 Å². The zero-order chi connectivity index (χ0) is 18.4. The number of hydrogen-bond acceptors (Lipinski definition) is 4. The third-order valence-electron chi connectivity index (χ3n) is 3.04. The SMILES string of the molecule is CC(C)(C)OC(=O)Nc1ccc(C(=O)Nc2cccc(C#N)c2)cc1. The van der Waals surface area contributed by atoms with Gasteiger partial charge in [0.1, 0.15) is 5.60 Å². The van der Waals surface area contributed by atoms with Gasteiger partial charge in [-0.3, -0.25) is 10.1 Å². The van der Waals surface area contributed by atoms with Crippen LogP contribution in [0, 0.1) is 11.3 Å². The highest BCUT2D eigenvalue weighted by atomic mass is 16.6. The van der Waals surface area contributed by atoms with Crippen LogP contribution in [0.3, 0.4) is 0 Å². The molecule has 0 atom stereocenters. The van der Waals surface area contributed by atoms with Gasteiger partial charge in [0.25, 0.3) is 5.91 Å². The lowest BCUT2D eigenvalue weighted by atomic mass is 10.1. The van der Waals surface area contributed by atoms with Crippen molar-refractivity contribution in [2.24, 2.45) is 0 Å². The Morgan fingerprint density at radius 2 is 1.68 bits per heavy atom. The highest BCUT2D eigenvalue weighted by Crippen LogP contribution is 2.15. The molecule has 2 aromatic carbocycles. The van der Waals surface area contributed by atoms with E-state index in [1.165, 1.54) is 0 Å². The van der Waals surface area contributed by atoms with Crippen molar-refractivity contribution in [2.75, 3.05) is 10.6 Å². The average Bonchev–Trinajstić information content (AvgIpc) is 2.53. The lowest BCUT2D eigenvalue weighted by Gasteiger charge is -2.19. The molecular formula is C19H19N3O3. The number of ether oxygens (including phenoxy) is 1. The fourth-order valence-electron chi connectivity index (χ4n) is 2.00. The highest BCUT2D eigenvalue weighted by molar-refractivity contribution is 6.04. The molecule has 2 aromatic rings. The van der Waals surface area contributed by atoms with Crippen LogP contribution in [0.15, 0.2) is 48.5 Å². The fraction of sp³-hybridized carbons (Fsp3) is 0.211. The number of carbonyl (C=O) groups is 2. The summed E-state index contributed by atoms with van der Waals surface area (Å²) in [7, 11) is 0. The molecule has 0 heterocycles. The summed E-state index contributed by atoms with van der Waals surface area (Å²) in [5, 5.41) is 14.2. The molecule has 0 aliphatic rings. The predicted octanol–water partition coefficient (Wildman–Crippen LogP) is 4.16. The fourth-order valence-corrected chi connectivity index (χ4v) is 2.00. The molecular weight excluding hydrogens is 318 g/mol. The number of amides is 2. The van der Waals surface area contributed by atoms with Crippen LogP contribution in [0.25, 0.3) is 0 Å². The van der Waals surface area contributed by atoms with Crippen LogP contribution in [-0.4, -0.2) is 17.6 Å². The zero-order valence-corrected chi connectivity index (χ0v) is 14.3. The minimum Gasteiger partial charge on any atom is -0.444 e. The van der Waals surface area contributed by atoms with Crippen LogP contribution in [-0.2, 0) is 4.74 Å².